The topological polar surface area (TPSA) is 43.4 Å². The molecular formula is C7H9O3P. The van der Waals surface area contributed by atoms with Crippen LogP contribution in [0.3, 0.4) is 0 Å². The van der Waals surface area contributed by atoms with E-state index < -0.39 is 5.97 Å². The van der Waals surface area contributed by atoms with E-state index in [0.717, 1.165) is 0 Å². The van der Waals surface area contributed by atoms with Crippen LogP contribution < -0.4 is 0 Å². The first-order valence-corrected chi connectivity index (χ1v) is 3.87. The van der Waals surface area contributed by atoms with Crippen LogP contribution in [0.15, 0.2) is 12.2 Å². The summed E-state index contributed by atoms with van der Waals surface area (Å²) >= 11 is 0. The third kappa shape index (κ3) is 5.65. The van der Waals surface area contributed by atoms with Crippen molar-refractivity contribution >= 4 is 13.9 Å². The Hall–Kier alpha value is -0.780. The molecule has 0 aromatic carbocycles. The van der Waals surface area contributed by atoms with Crippen LogP contribution in [0.5, 0.6) is 0 Å². The van der Waals surface area contributed by atoms with E-state index in [4.69, 9.17) is 0 Å². The summed E-state index contributed by atoms with van der Waals surface area (Å²) in [5.74, 6) is -0.422. The molecule has 0 N–H and O–H groups in total. The zero-order valence-electron chi connectivity index (χ0n) is 6.29. The summed E-state index contributed by atoms with van der Waals surface area (Å²) in [5.41, 5.74) is 2.82. The minimum atomic E-state index is -0.422. The van der Waals surface area contributed by atoms with E-state index in [1.54, 1.807) is 6.92 Å². The van der Waals surface area contributed by atoms with E-state index in [2.05, 4.69) is 16.9 Å². The molecule has 0 bridgehead atoms. The van der Waals surface area contributed by atoms with Gasteiger partial charge < -0.3 is 0 Å². The molecule has 0 rings (SSSR count). The van der Waals surface area contributed by atoms with E-state index in [0.29, 0.717) is 12.0 Å². The third-order valence-corrected chi connectivity index (χ3v) is 1.21. The summed E-state index contributed by atoms with van der Waals surface area (Å²) in [6, 6.07) is 0. The Kier molecular flexibility index (Phi) is 5.54. The Balaban J connectivity index is 3.52. The van der Waals surface area contributed by atoms with Crippen molar-refractivity contribution < 1.29 is 14.1 Å². The number of carbonyl (C=O) groups is 1. The van der Waals surface area contributed by atoms with Gasteiger partial charge in [0.2, 0.25) is 0 Å². The molecule has 0 aromatic rings. The average Bonchev–Trinajstić information content (AvgIpc) is 1.97. The predicted molar refractivity (Wildman–Crippen MR) is 41.9 cm³/mol. The van der Waals surface area contributed by atoms with Crippen LogP contribution in [-0.2, 0) is 14.1 Å². The molecule has 0 aliphatic carbocycles. The Bertz CT molecular complexity index is 250. The van der Waals surface area contributed by atoms with Crippen LogP contribution in [0.25, 0.3) is 0 Å². The van der Waals surface area contributed by atoms with Crippen molar-refractivity contribution in [3.63, 3.8) is 0 Å². The van der Waals surface area contributed by atoms with Gasteiger partial charge in [0.1, 0.15) is 0 Å². The van der Waals surface area contributed by atoms with Crippen LogP contribution in [0.1, 0.15) is 13.3 Å². The van der Waals surface area contributed by atoms with Crippen molar-refractivity contribution in [2.24, 2.45) is 0 Å². The molecule has 0 amide bonds. The SMILES string of the molecule is C=C(C)C(=O)OCCC#P=O. The van der Waals surface area contributed by atoms with Gasteiger partial charge in [-0.2, -0.15) is 0 Å². The maximum atomic E-state index is 10.7. The zero-order valence-corrected chi connectivity index (χ0v) is 7.19. The molecule has 4 heteroatoms. The second kappa shape index (κ2) is 5.96. The maximum absolute atomic E-state index is 10.7. The molecule has 0 radical (unpaired) electrons. The van der Waals surface area contributed by atoms with Crippen molar-refractivity contribution in [1.29, 1.82) is 0 Å². The molecular weight excluding hydrogens is 163 g/mol. The van der Waals surface area contributed by atoms with Gasteiger partial charge in [-0.05, 0) is 0 Å². The van der Waals surface area contributed by atoms with Gasteiger partial charge in [-0.15, -0.1) is 0 Å². The molecule has 0 fully saturated rings. The number of hydrogen-bond donors (Lipinski definition) is 0. The second-order valence-electron chi connectivity index (χ2n) is 1.92. The number of ether oxygens (including phenoxy) is 1. The van der Waals surface area contributed by atoms with E-state index in [1.165, 1.54) is 0 Å². The number of rotatable bonds is 3. The molecule has 0 unspecified atom stereocenters. The fourth-order valence-electron chi connectivity index (χ4n) is 0.358. The van der Waals surface area contributed by atoms with Gasteiger partial charge in [-0.25, -0.2) is 0 Å². The standard InChI is InChI=1S/C7H9O3P/c1-6(2)7(8)10-4-3-5-11-9/h1,3-4H2,2H3. The molecule has 60 valence electrons. The van der Waals surface area contributed by atoms with E-state index in [9.17, 15) is 9.36 Å². The van der Waals surface area contributed by atoms with Gasteiger partial charge >= 0.3 is 65.7 Å². The summed E-state index contributed by atoms with van der Waals surface area (Å²) in [6.45, 7) is 5.18. The van der Waals surface area contributed by atoms with Crippen LogP contribution in [0, 0.1) is 5.63 Å². The minimum absolute atomic E-state index is 0.155. The van der Waals surface area contributed by atoms with Crippen LogP contribution in [-0.4, -0.2) is 12.6 Å². The summed E-state index contributed by atoms with van der Waals surface area (Å²) in [6.07, 6.45) is 0.379. The van der Waals surface area contributed by atoms with Crippen molar-refractivity contribution in [3.05, 3.63) is 12.2 Å². The molecule has 0 aliphatic heterocycles. The first kappa shape index (κ1) is 10.2. The molecule has 0 aromatic heterocycles. The molecule has 3 nitrogen and oxygen atoms in total. The van der Waals surface area contributed by atoms with Gasteiger partial charge in [0.05, 0.1) is 0 Å². The Morgan fingerprint density at radius 2 is 2.36 bits per heavy atom. The quantitative estimate of drug-likeness (QED) is 0.282. The monoisotopic (exact) mass is 172 g/mol. The van der Waals surface area contributed by atoms with Crippen LogP contribution in [0.2, 0.25) is 0 Å². The summed E-state index contributed by atoms with van der Waals surface area (Å²) in [4.78, 5) is 10.7. The molecule has 0 heterocycles. The molecule has 0 spiro atoms. The van der Waals surface area contributed by atoms with Crippen molar-refractivity contribution in [1.82, 2.24) is 0 Å². The fraction of sp³-hybridized carbons (Fsp3) is 0.429. The van der Waals surface area contributed by atoms with Gasteiger partial charge in [0.15, 0.2) is 0 Å². The Labute approximate surface area is 66.6 Å². The zero-order chi connectivity index (χ0) is 8.69. The van der Waals surface area contributed by atoms with Gasteiger partial charge in [0, 0.05) is 0 Å². The number of hydrogen-bond acceptors (Lipinski definition) is 3. The van der Waals surface area contributed by atoms with Crippen LogP contribution in [0.4, 0.5) is 0 Å². The van der Waals surface area contributed by atoms with Gasteiger partial charge in [-0.3, -0.25) is 0 Å². The van der Waals surface area contributed by atoms with Gasteiger partial charge in [-0.1, -0.05) is 0 Å². The van der Waals surface area contributed by atoms with Crippen molar-refractivity contribution in [2.45, 2.75) is 13.3 Å². The molecule has 0 atom stereocenters. The number of carbonyl (C=O) groups excluding carboxylic acids is 1. The molecule has 0 saturated carbocycles. The van der Waals surface area contributed by atoms with Crippen molar-refractivity contribution in [3.8, 4) is 5.63 Å². The first-order valence-electron chi connectivity index (χ1n) is 3.06. The van der Waals surface area contributed by atoms with E-state index in [1.807, 2.05) is 0 Å². The van der Waals surface area contributed by atoms with E-state index in [-0.39, 0.29) is 14.5 Å². The number of esters is 1. The molecule has 11 heavy (non-hydrogen) atoms. The second-order valence-corrected chi connectivity index (χ2v) is 2.41. The summed E-state index contributed by atoms with van der Waals surface area (Å²) < 4.78 is 14.5. The van der Waals surface area contributed by atoms with E-state index >= 15 is 0 Å². The predicted octanol–water partition coefficient (Wildman–Crippen LogP) is 1.75. The van der Waals surface area contributed by atoms with Crippen LogP contribution >= 0.6 is 7.92 Å². The molecule has 0 saturated heterocycles. The fourth-order valence-corrected chi connectivity index (χ4v) is 0.541. The average molecular weight is 172 g/mol. The summed E-state index contributed by atoms with van der Waals surface area (Å²) in [7, 11) is -0.155. The first-order chi connectivity index (χ1) is 5.18. The van der Waals surface area contributed by atoms with Crippen molar-refractivity contribution in [2.75, 3.05) is 6.61 Å². The molecule has 0 aliphatic rings. The Morgan fingerprint density at radius 1 is 1.73 bits per heavy atom. The Morgan fingerprint density at radius 3 is 2.82 bits per heavy atom. The van der Waals surface area contributed by atoms with Gasteiger partial charge in [0.25, 0.3) is 0 Å². The normalized spacial score (nSPS) is 8.09. The third-order valence-electron chi connectivity index (χ3n) is 0.860. The summed E-state index contributed by atoms with van der Waals surface area (Å²) in [5, 5.41) is 0.